The summed E-state index contributed by atoms with van der Waals surface area (Å²) in [6.07, 6.45) is 1.28. The lowest BCUT2D eigenvalue weighted by molar-refractivity contribution is 0.0382. The smallest absolute Gasteiger partial charge is 0.133 e. The Labute approximate surface area is 100 Å². The SMILES string of the molecule is CCC1CN(c2cc(N)cc(Cl)n2)CCO1. The number of rotatable bonds is 2. The van der Waals surface area contributed by atoms with Gasteiger partial charge in [0.05, 0.1) is 12.7 Å². The molecule has 2 rings (SSSR count). The quantitative estimate of drug-likeness (QED) is 0.804. The number of pyridine rings is 1. The molecule has 1 fully saturated rings. The lowest BCUT2D eigenvalue weighted by atomic mass is 10.2. The Balaban J connectivity index is 2.16. The maximum atomic E-state index is 5.89. The van der Waals surface area contributed by atoms with Crippen molar-refractivity contribution in [1.29, 1.82) is 0 Å². The number of ether oxygens (including phenoxy) is 1. The standard InChI is InChI=1S/C11H16ClN3O/c1-2-9-7-15(3-4-16-9)11-6-8(13)5-10(12)14-11/h5-6,9H,2-4,7H2,1H3,(H2,13,14). The van der Waals surface area contributed by atoms with E-state index in [0.717, 1.165) is 31.9 Å². The van der Waals surface area contributed by atoms with Gasteiger partial charge in [-0.3, -0.25) is 0 Å². The maximum absolute atomic E-state index is 5.89. The molecule has 1 aliphatic rings. The number of nitrogen functional groups attached to an aromatic ring is 1. The molecule has 1 atom stereocenters. The largest absolute Gasteiger partial charge is 0.399 e. The summed E-state index contributed by atoms with van der Waals surface area (Å²) in [5, 5.41) is 0.439. The van der Waals surface area contributed by atoms with Crippen LogP contribution in [0.1, 0.15) is 13.3 Å². The average Bonchev–Trinajstić information content (AvgIpc) is 2.28. The molecule has 0 saturated carbocycles. The van der Waals surface area contributed by atoms with Crippen molar-refractivity contribution in [2.75, 3.05) is 30.3 Å². The van der Waals surface area contributed by atoms with Crippen molar-refractivity contribution in [3.63, 3.8) is 0 Å². The molecular formula is C11H16ClN3O. The second-order valence-electron chi connectivity index (χ2n) is 3.93. The number of hydrogen-bond donors (Lipinski definition) is 1. The molecule has 5 heteroatoms. The lowest BCUT2D eigenvalue weighted by Gasteiger charge is -2.33. The number of anilines is 2. The minimum absolute atomic E-state index is 0.274. The number of aromatic nitrogens is 1. The van der Waals surface area contributed by atoms with Crippen molar-refractivity contribution >= 4 is 23.1 Å². The highest BCUT2D eigenvalue weighted by atomic mass is 35.5. The molecule has 2 heterocycles. The van der Waals surface area contributed by atoms with Gasteiger partial charge in [0.15, 0.2) is 0 Å². The molecule has 1 aromatic heterocycles. The monoisotopic (exact) mass is 241 g/mol. The van der Waals surface area contributed by atoms with Crippen molar-refractivity contribution in [1.82, 2.24) is 4.98 Å². The van der Waals surface area contributed by atoms with Crippen LogP contribution in [0.5, 0.6) is 0 Å². The van der Waals surface area contributed by atoms with Crippen molar-refractivity contribution in [2.24, 2.45) is 0 Å². The minimum Gasteiger partial charge on any atom is -0.399 e. The molecule has 0 spiro atoms. The van der Waals surface area contributed by atoms with Crippen molar-refractivity contribution in [3.8, 4) is 0 Å². The summed E-state index contributed by atoms with van der Waals surface area (Å²) < 4.78 is 5.61. The topological polar surface area (TPSA) is 51.4 Å². The van der Waals surface area contributed by atoms with Crippen LogP contribution in [0.25, 0.3) is 0 Å². The van der Waals surface area contributed by atoms with Crippen LogP contribution in [-0.4, -0.2) is 30.8 Å². The first-order chi connectivity index (χ1) is 7.69. The molecular weight excluding hydrogens is 226 g/mol. The first kappa shape index (κ1) is 11.5. The predicted octanol–water partition coefficient (Wildman–Crippen LogP) is 1.93. The van der Waals surface area contributed by atoms with Crippen LogP contribution in [0.15, 0.2) is 12.1 Å². The molecule has 1 aliphatic heterocycles. The molecule has 16 heavy (non-hydrogen) atoms. The fraction of sp³-hybridized carbons (Fsp3) is 0.545. The van der Waals surface area contributed by atoms with Gasteiger partial charge in [-0.1, -0.05) is 18.5 Å². The Morgan fingerprint density at radius 1 is 1.62 bits per heavy atom. The minimum atomic E-state index is 0.274. The predicted molar refractivity (Wildman–Crippen MR) is 65.9 cm³/mol. The summed E-state index contributed by atoms with van der Waals surface area (Å²) >= 11 is 5.89. The summed E-state index contributed by atoms with van der Waals surface area (Å²) in [5.74, 6) is 0.840. The van der Waals surface area contributed by atoms with E-state index in [9.17, 15) is 0 Å². The van der Waals surface area contributed by atoms with Crippen molar-refractivity contribution in [3.05, 3.63) is 17.3 Å². The van der Waals surface area contributed by atoms with E-state index in [0.29, 0.717) is 10.8 Å². The molecule has 1 aromatic rings. The van der Waals surface area contributed by atoms with Gasteiger partial charge in [-0.05, 0) is 12.5 Å². The summed E-state index contributed by atoms with van der Waals surface area (Å²) in [6.45, 7) is 4.53. The molecule has 0 amide bonds. The van der Waals surface area contributed by atoms with E-state index < -0.39 is 0 Å². The van der Waals surface area contributed by atoms with Gasteiger partial charge in [0.2, 0.25) is 0 Å². The van der Waals surface area contributed by atoms with E-state index in [2.05, 4.69) is 16.8 Å². The van der Waals surface area contributed by atoms with Gasteiger partial charge in [0, 0.05) is 24.8 Å². The van der Waals surface area contributed by atoms with Gasteiger partial charge in [-0.25, -0.2) is 4.98 Å². The van der Waals surface area contributed by atoms with E-state index in [-0.39, 0.29) is 6.10 Å². The molecule has 88 valence electrons. The normalized spacial score (nSPS) is 21.1. The number of hydrogen-bond acceptors (Lipinski definition) is 4. The highest BCUT2D eigenvalue weighted by molar-refractivity contribution is 6.29. The van der Waals surface area contributed by atoms with E-state index >= 15 is 0 Å². The van der Waals surface area contributed by atoms with Crippen LogP contribution in [0, 0.1) is 0 Å². The third kappa shape index (κ3) is 2.57. The molecule has 4 nitrogen and oxygen atoms in total. The average molecular weight is 242 g/mol. The number of nitrogens with zero attached hydrogens (tertiary/aromatic N) is 2. The van der Waals surface area contributed by atoms with E-state index in [1.807, 2.05) is 6.07 Å². The van der Waals surface area contributed by atoms with Crippen molar-refractivity contribution in [2.45, 2.75) is 19.4 Å². The van der Waals surface area contributed by atoms with Gasteiger partial charge >= 0.3 is 0 Å². The van der Waals surface area contributed by atoms with E-state index in [1.54, 1.807) is 6.07 Å². The van der Waals surface area contributed by atoms with Crippen LogP contribution >= 0.6 is 11.6 Å². The van der Waals surface area contributed by atoms with Gasteiger partial charge in [-0.2, -0.15) is 0 Å². The third-order valence-corrected chi connectivity index (χ3v) is 2.91. The van der Waals surface area contributed by atoms with Crippen LogP contribution < -0.4 is 10.6 Å². The lowest BCUT2D eigenvalue weighted by Crippen LogP contribution is -2.42. The van der Waals surface area contributed by atoms with Gasteiger partial charge in [-0.15, -0.1) is 0 Å². The van der Waals surface area contributed by atoms with Crippen LogP contribution in [0.2, 0.25) is 5.15 Å². The summed E-state index contributed by atoms with van der Waals surface area (Å²) in [4.78, 5) is 6.45. The molecule has 0 aliphatic carbocycles. The van der Waals surface area contributed by atoms with E-state index in [1.165, 1.54) is 0 Å². The molecule has 1 saturated heterocycles. The van der Waals surface area contributed by atoms with Crippen molar-refractivity contribution < 1.29 is 4.74 Å². The second-order valence-corrected chi connectivity index (χ2v) is 4.32. The van der Waals surface area contributed by atoms with Crippen LogP contribution in [0.3, 0.4) is 0 Å². The fourth-order valence-corrected chi connectivity index (χ4v) is 2.05. The fourth-order valence-electron chi connectivity index (χ4n) is 1.84. The summed E-state index contributed by atoms with van der Waals surface area (Å²) in [6, 6.07) is 3.51. The Morgan fingerprint density at radius 3 is 3.12 bits per heavy atom. The molecule has 0 radical (unpaired) electrons. The van der Waals surface area contributed by atoms with Gasteiger partial charge < -0.3 is 15.4 Å². The molecule has 0 bridgehead atoms. The van der Waals surface area contributed by atoms with Gasteiger partial charge in [0.25, 0.3) is 0 Å². The Hall–Kier alpha value is -1.00. The molecule has 1 unspecified atom stereocenters. The zero-order chi connectivity index (χ0) is 11.5. The second kappa shape index (κ2) is 4.89. The number of halogens is 1. The van der Waals surface area contributed by atoms with Crippen LogP contribution in [0.4, 0.5) is 11.5 Å². The van der Waals surface area contributed by atoms with E-state index in [4.69, 9.17) is 22.1 Å². The van der Waals surface area contributed by atoms with Crippen LogP contribution in [-0.2, 0) is 4.74 Å². The first-order valence-corrected chi connectivity index (χ1v) is 5.86. The zero-order valence-electron chi connectivity index (χ0n) is 9.32. The maximum Gasteiger partial charge on any atom is 0.133 e. The Bertz CT molecular complexity index is 352. The molecule has 2 N–H and O–H groups in total. The zero-order valence-corrected chi connectivity index (χ0v) is 10.1. The number of nitrogens with two attached hydrogens (primary N) is 1. The summed E-state index contributed by atoms with van der Waals surface area (Å²) in [7, 11) is 0. The highest BCUT2D eigenvalue weighted by Crippen LogP contribution is 2.22. The Kier molecular flexibility index (Phi) is 3.51. The van der Waals surface area contributed by atoms with Gasteiger partial charge in [0.1, 0.15) is 11.0 Å². The first-order valence-electron chi connectivity index (χ1n) is 5.48. The third-order valence-electron chi connectivity index (χ3n) is 2.72. The highest BCUT2D eigenvalue weighted by Gasteiger charge is 2.20. The number of morpholine rings is 1. The summed E-state index contributed by atoms with van der Waals surface area (Å²) in [5.41, 5.74) is 6.40. The molecule has 0 aromatic carbocycles. The Morgan fingerprint density at radius 2 is 2.44 bits per heavy atom.